The first-order valence-corrected chi connectivity index (χ1v) is 9.04. The lowest BCUT2D eigenvalue weighted by Crippen LogP contribution is -2.48. The van der Waals surface area contributed by atoms with Crippen LogP contribution in [-0.4, -0.2) is 59.0 Å². The highest BCUT2D eigenvalue weighted by atomic mass is 16.5. The number of methoxy groups -OCH3 is 1. The molecule has 0 unspecified atom stereocenters. The lowest BCUT2D eigenvalue weighted by molar-refractivity contribution is 0.0626. The number of carbonyl (C=O) groups excluding carboxylic acids is 1. The van der Waals surface area contributed by atoms with Crippen molar-refractivity contribution in [3.63, 3.8) is 0 Å². The van der Waals surface area contributed by atoms with E-state index in [-0.39, 0.29) is 5.91 Å². The molecule has 138 valence electrons. The number of benzene rings is 1. The number of nitrogens with zero attached hydrogens (tertiary/aromatic N) is 4. The Morgan fingerprint density at radius 1 is 1.19 bits per heavy atom. The van der Waals surface area contributed by atoms with Gasteiger partial charge in [0.1, 0.15) is 11.6 Å². The van der Waals surface area contributed by atoms with Crippen LogP contribution in [0.1, 0.15) is 41.6 Å². The Balaban J connectivity index is 1.57. The summed E-state index contributed by atoms with van der Waals surface area (Å²) in [6.45, 7) is 8.12. The molecule has 2 aromatic rings. The highest BCUT2D eigenvalue weighted by molar-refractivity contribution is 5.94. The zero-order valence-corrected chi connectivity index (χ0v) is 15.7. The third kappa shape index (κ3) is 4.38. The molecular weight excluding hydrogens is 328 g/mol. The highest BCUT2D eigenvalue weighted by Crippen LogP contribution is 2.16. The maximum absolute atomic E-state index is 12.7. The number of rotatable bonds is 5. The van der Waals surface area contributed by atoms with Gasteiger partial charge in [0.25, 0.3) is 5.91 Å². The van der Waals surface area contributed by atoms with Crippen molar-refractivity contribution in [3.05, 3.63) is 53.6 Å². The molecule has 0 spiro atoms. The molecule has 26 heavy (non-hydrogen) atoms. The molecule has 1 aliphatic heterocycles. The van der Waals surface area contributed by atoms with Gasteiger partial charge in [0, 0.05) is 50.4 Å². The molecule has 0 atom stereocenters. The van der Waals surface area contributed by atoms with Crippen molar-refractivity contribution in [2.75, 3.05) is 33.3 Å². The lowest BCUT2D eigenvalue weighted by atomic mass is 10.1. The number of hydrogen-bond donors (Lipinski definition) is 0. The topological polar surface area (TPSA) is 58.6 Å². The largest absolute Gasteiger partial charge is 0.497 e. The van der Waals surface area contributed by atoms with Gasteiger partial charge in [0.05, 0.1) is 12.8 Å². The van der Waals surface area contributed by atoms with Gasteiger partial charge >= 0.3 is 0 Å². The summed E-state index contributed by atoms with van der Waals surface area (Å²) in [5.74, 6) is 1.98. The first kappa shape index (κ1) is 18.3. The minimum atomic E-state index is 0.0627. The summed E-state index contributed by atoms with van der Waals surface area (Å²) >= 11 is 0. The van der Waals surface area contributed by atoms with Gasteiger partial charge in [-0.05, 0) is 24.3 Å². The molecule has 0 N–H and O–H groups in total. The molecule has 0 bridgehead atoms. The molecule has 1 amide bonds. The minimum Gasteiger partial charge on any atom is -0.497 e. The van der Waals surface area contributed by atoms with Crippen molar-refractivity contribution < 1.29 is 9.53 Å². The van der Waals surface area contributed by atoms with Crippen LogP contribution in [0.25, 0.3) is 0 Å². The fraction of sp³-hybridized carbons (Fsp3) is 0.450. The lowest BCUT2D eigenvalue weighted by Gasteiger charge is -2.34. The van der Waals surface area contributed by atoms with Crippen molar-refractivity contribution in [3.8, 4) is 5.75 Å². The van der Waals surface area contributed by atoms with Crippen molar-refractivity contribution >= 4 is 5.91 Å². The number of amides is 1. The second kappa shape index (κ2) is 8.27. The van der Waals surface area contributed by atoms with Crippen molar-refractivity contribution in [2.45, 2.75) is 26.3 Å². The van der Waals surface area contributed by atoms with Crippen LogP contribution in [0.5, 0.6) is 5.75 Å². The number of piperazine rings is 1. The van der Waals surface area contributed by atoms with Gasteiger partial charge in [-0.1, -0.05) is 19.9 Å². The molecule has 1 aromatic carbocycles. The van der Waals surface area contributed by atoms with Crippen LogP contribution in [0.15, 0.2) is 36.5 Å². The van der Waals surface area contributed by atoms with Crippen molar-refractivity contribution in [1.29, 1.82) is 0 Å². The van der Waals surface area contributed by atoms with E-state index in [0.29, 0.717) is 17.2 Å². The average Bonchev–Trinajstić information content (AvgIpc) is 2.68. The first-order chi connectivity index (χ1) is 12.6. The quantitative estimate of drug-likeness (QED) is 0.826. The standard InChI is InChI=1S/C20H26N4O2/c1-15(2)19-21-8-7-17(22-19)14-23-9-11-24(12-10-23)20(25)16-5-4-6-18(13-16)26-3/h4-8,13,15H,9-12,14H2,1-3H3. The maximum Gasteiger partial charge on any atom is 0.254 e. The van der Waals surface area contributed by atoms with Crippen LogP contribution in [-0.2, 0) is 6.54 Å². The fourth-order valence-corrected chi connectivity index (χ4v) is 3.06. The zero-order valence-electron chi connectivity index (χ0n) is 15.7. The molecule has 1 aromatic heterocycles. The van der Waals surface area contributed by atoms with Crippen LogP contribution in [0.2, 0.25) is 0 Å². The van der Waals surface area contributed by atoms with Crippen LogP contribution in [0.4, 0.5) is 0 Å². The van der Waals surface area contributed by atoms with Crippen LogP contribution in [0, 0.1) is 0 Å². The molecule has 2 heterocycles. The van der Waals surface area contributed by atoms with Crippen molar-refractivity contribution in [1.82, 2.24) is 19.8 Å². The molecule has 0 radical (unpaired) electrons. The number of aromatic nitrogens is 2. The van der Waals surface area contributed by atoms with Gasteiger partial charge in [0.15, 0.2) is 0 Å². The van der Waals surface area contributed by atoms with Gasteiger partial charge in [-0.2, -0.15) is 0 Å². The molecule has 0 aliphatic carbocycles. The predicted octanol–water partition coefficient (Wildman–Crippen LogP) is 2.57. The summed E-state index contributed by atoms with van der Waals surface area (Å²) in [6, 6.07) is 9.31. The normalized spacial score (nSPS) is 15.3. The van der Waals surface area contributed by atoms with Crippen LogP contribution >= 0.6 is 0 Å². The van der Waals surface area contributed by atoms with Crippen molar-refractivity contribution in [2.24, 2.45) is 0 Å². The Bertz CT molecular complexity index is 755. The van der Waals surface area contributed by atoms with E-state index < -0.39 is 0 Å². The molecule has 6 heteroatoms. The Kier molecular flexibility index (Phi) is 5.83. The summed E-state index contributed by atoms with van der Waals surface area (Å²) in [5.41, 5.74) is 1.71. The molecular formula is C20H26N4O2. The minimum absolute atomic E-state index is 0.0627. The number of carbonyl (C=O) groups is 1. The van der Waals surface area contributed by atoms with Crippen LogP contribution < -0.4 is 4.74 Å². The third-order valence-electron chi connectivity index (χ3n) is 4.61. The van der Waals surface area contributed by atoms with Gasteiger partial charge in [-0.3, -0.25) is 9.69 Å². The fourth-order valence-electron chi connectivity index (χ4n) is 3.06. The molecule has 1 saturated heterocycles. The molecule has 6 nitrogen and oxygen atoms in total. The first-order valence-electron chi connectivity index (χ1n) is 9.04. The smallest absolute Gasteiger partial charge is 0.254 e. The second-order valence-electron chi connectivity index (χ2n) is 6.86. The van der Waals surface area contributed by atoms with E-state index >= 15 is 0 Å². The van der Waals surface area contributed by atoms with Gasteiger partial charge in [-0.25, -0.2) is 9.97 Å². The van der Waals surface area contributed by atoms with E-state index in [1.54, 1.807) is 13.2 Å². The van der Waals surface area contributed by atoms with Gasteiger partial charge < -0.3 is 9.64 Å². The Labute approximate surface area is 154 Å². The zero-order chi connectivity index (χ0) is 18.5. The number of hydrogen-bond acceptors (Lipinski definition) is 5. The van der Waals surface area contributed by atoms with E-state index in [0.717, 1.165) is 44.2 Å². The molecule has 1 aliphatic rings. The Morgan fingerprint density at radius 2 is 1.96 bits per heavy atom. The molecule has 3 rings (SSSR count). The summed E-state index contributed by atoms with van der Waals surface area (Å²) < 4.78 is 5.21. The van der Waals surface area contributed by atoms with Gasteiger partial charge in [-0.15, -0.1) is 0 Å². The van der Waals surface area contributed by atoms with E-state index in [1.165, 1.54) is 0 Å². The maximum atomic E-state index is 12.7. The Hall–Kier alpha value is -2.47. The van der Waals surface area contributed by atoms with E-state index in [4.69, 9.17) is 4.74 Å². The van der Waals surface area contributed by atoms with Crippen LogP contribution in [0.3, 0.4) is 0 Å². The monoisotopic (exact) mass is 354 g/mol. The summed E-state index contributed by atoms with van der Waals surface area (Å²) in [7, 11) is 1.61. The molecule has 1 fully saturated rings. The van der Waals surface area contributed by atoms with E-state index in [1.807, 2.05) is 35.4 Å². The number of ether oxygens (including phenoxy) is 1. The summed E-state index contributed by atoms with van der Waals surface area (Å²) in [6.07, 6.45) is 1.83. The summed E-state index contributed by atoms with van der Waals surface area (Å²) in [5, 5.41) is 0. The summed E-state index contributed by atoms with van der Waals surface area (Å²) in [4.78, 5) is 25.9. The Morgan fingerprint density at radius 3 is 2.65 bits per heavy atom. The van der Waals surface area contributed by atoms with E-state index in [2.05, 4.69) is 28.7 Å². The SMILES string of the molecule is COc1cccc(C(=O)N2CCN(Cc3ccnc(C(C)C)n3)CC2)c1. The second-order valence-corrected chi connectivity index (χ2v) is 6.86. The molecule has 0 saturated carbocycles. The predicted molar refractivity (Wildman–Crippen MR) is 100 cm³/mol. The van der Waals surface area contributed by atoms with Gasteiger partial charge in [0.2, 0.25) is 0 Å². The third-order valence-corrected chi connectivity index (χ3v) is 4.61. The highest BCUT2D eigenvalue weighted by Gasteiger charge is 2.22. The van der Waals surface area contributed by atoms with E-state index in [9.17, 15) is 4.79 Å². The average molecular weight is 354 g/mol.